The van der Waals surface area contributed by atoms with E-state index >= 15 is 0 Å². The van der Waals surface area contributed by atoms with Crippen molar-refractivity contribution >= 4 is 6.29 Å². The zero-order chi connectivity index (χ0) is 14.7. The fourth-order valence-electron chi connectivity index (χ4n) is 2.02. The Kier molecular flexibility index (Phi) is 3.47. The number of nitrogens with zero attached hydrogens (tertiary/aromatic N) is 3. The number of aryl methyl sites for hydroxylation is 1. The van der Waals surface area contributed by atoms with Gasteiger partial charge in [0.05, 0.1) is 23.1 Å². The molecule has 0 aliphatic rings. The van der Waals surface area contributed by atoms with Crippen LogP contribution in [0.15, 0.2) is 54.9 Å². The van der Waals surface area contributed by atoms with Crippen LogP contribution in [-0.4, -0.2) is 21.1 Å². The van der Waals surface area contributed by atoms with Gasteiger partial charge in [-0.25, -0.2) is 0 Å². The van der Waals surface area contributed by atoms with Gasteiger partial charge in [0.15, 0.2) is 6.29 Å². The highest BCUT2D eigenvalue weighted by Crippen LogP contribution is 2.28. The summed E-state index contributed by atoms with van der Waals surface area (Å²) >= 11 is 0. The third-order valence-corrected chi connectivity index (χ3v) is 3.03. The number of ether oxygens (including phenoxy) is 1. The average Bonchev–Trinajstić information content (AvgIpc) is 2.85. The van der Waals surface area contributed by atoms with Crippen molar-refractivity contribution in [3.63, 3.8) is 0 Å². The van der Waals surface area contributed by atoms with E-state index in [2.05, 4.69) is 10.1 Å². The third kappa shape index (κ3) is 2.53. The molecule has 5 nitrogen and oxygen atoms in total. The molecule has 104 valence electrons. The van der Waals surface area contributed by atoms with Crippen LogP contribution in [0.2, 0.25) is 0 Å². The van der Waals surface area contributed by atoms with Crippen molar-refractivity contribution in [1.29, 1.82) is 0 Å². The lowest BCUT2D eigenvalue weighted by Crippen LogP contribution is -2.00. The van der Waals surface area contributed by atoms with Crippen LogP contribution in [0.4, 0.5) is 0 Å². The second kappa shape index (κ2) is 5.58. The maximum absolute atomic E-state index is 11.3. The molecule has 0 N–H and O–H groups in total. The minimum Gasteiger partial charge on any atom is -0.436 e. The highest BCUT2D eigenvalue weighted by molar-refractivity contribution is 5.80. The van der Waals surface area contributed by atoms with Crippen LogP contribution in [-0.2, 0) is 0 Å². The molecule has 2 heterocycles. The summed E-state index contributed by atoms with van der Waals surface area (Å²) in [6, 6.07) is 13.1. The number of carbonyl (C=O) groups excluding carboxylic acids is 1. The molecule has 0 atom stereocenters. The number of pyridine rings is 1. The molecule has 0 aliphatic carbocycles. The molecule has 21 heavy (non-hydrogen) atoms. The monoisotopic (exact) mass is 279 g/mol. The highest BCUT2D eigenvalue weighted by Gasteiger charge is 2.18. The molecule has 0 aliphatic heterocycles. The first-order valence-electron chi connectivity index (χ1n) is 6.47. The summed E-state index contributed by atoms with van der Waals surface area (Å²) in [4.78, 5) is 15.3. The van der Waals surface area contributed by atoms with E-state index in [0.717, 1.165) is 12.0 Å². The first-order valence-corrected chi connectivity index (χ1v) is 6.47. The van der Waals surface area contributed by atoms with E-state index in [0.29, 0.717) is 22.9 Å². The molecule has 0 radical (unpaired) electrons. The smallest absolute Gasteiger partial charge is 0.233 e. The van der Waals surface area contributed by atoms with Gasteiger partial charge >= 0.3 is 0 Å². The summed E-state index contributed by atoms with van der Waals surface area (Å²) in [5.41, 5.74) is 1.88. The summed E-state index contributed by atoms with van der Waals surface area (Å²) in [6.07, 6.45) is 4.01. The van der Waals surface area contributed by atoms with Gasteiger partial charge in [0.2, 0.25) is 5.88 Å². The molecule has 5 heteroatoms. The van der Waals surface area contributed by atoms with Gasteiger partial charge in [0, 0.05) is 6.20 Å². The fraction of sp³-hybridized carbons (Fsp3) is 0.0625. The van der Waals surface area contributed by atoms with E-state index in [4.69, 9.17) is 4.74 Å². The van der Waals surface area contributed by atoms with Crippen molar-refractivity contribution in [2.45, 2.75) is 6.92 Å². The van der Waals surface area contributed by atoms with Gasteiger partial charge in [0.25, 0.3) is 0 Å². The molecule has 0 amide bonds. The van der Waals surface area contributed by atoms with Crippen LogP contribution in [0, 0.1) is 6.92 Å². The van der Waals surface area contributed by atoms with Crippen LogP contribution in [0.3, 0.4) is 0 Å². The van der Waals surface area contributed by atoms with Crippen molar-refractivity contribution < 1.29 is 9.53 Å². The van der Waals surface area contributed by atoms with Gasteiger partial charge in [-0.3, -0.25) is 9.78 Å². The lowest BCUT2D eigenvalue weighted by atomic mass is 10.3. The Morgan fingerprint density at radius 1 is 1.14 bits per heavy atom. The van der Waals surface area contributed by atoms with E-state index in [9.17, 15) is 4.79 Å². The summed E-state index contributed by atoms with van der Waals surface area (Å²) in [5, 5.41) is 4.39. The molecule has 0 saturated heterocycles. The van der Waals surface area contributed by atoms with Crippen molar-refractivity contribution in [2.24, 2.45) is 0 Å². The average molecular weight is 279 g/mol. The van der Waals surface area contributed by atoms with Crippen molar-refractivity contribution in [1.82, 2.24) is 14.8 Å². The predicted octanol–water partition coefficient (Wildman–Crippen LogP) is 3.18. The van der Waals surface area contributed by atoms with E-state index in [-0.39, 0.29) is 0 Å². The van der Waals surface area contributed by atoms with Gasteiger partial charge in [-0.1, -0.05) is 18.2 Å². The Labute approximate surface area is 121 Å². The predicted molar refractivity (Wildman–Crippen MR) is 78.0 cm³/mol. The van der Waals surface area contributed by atoms with E-state index in [1.807, 2.05) is 30.3 Å². The van der Waals surface area contributed by atoms with Crippen molar-refractivity contribution in [3.8, 4) is 17.3 Å². The van der Waals surface area contributed by atoms with E-state index in [1.54, 1.807) is 36.1 Å². The van der Waals surface area contributed by atoms with E-state index < -0.39 is 0 Å². The maximum atomic E-state index is 11.3. The molecule has 3 aromatic rings. The van der Waals surface area contributed by atoms with Gasteiger partial charge in [-0.2, -0.15) is 9.78 Å². The van der Waals surface area contributed by atoms with Crippen molar-refractivity contribution in [2.75, 3.05) is 0 Å². The SMILES string of the molecule is Cc1nn(-c2ccccc2)c(Oc2cccnc2)c1C=O. The molecular formula is C16H13N3O2. The molecule has 1 aromatic carbocycles. The number of hydrogen-bond donors (Lipinski definition) is 0. The Hall–Kier alpha value is -2.95. The quantitative estimate of drug-likeness (QED) is 0.688. The maximum Gasteiger partial charge on any atom is 0.233 e. The van der Waals surface area contributed by atoms with Crippen LogP contribution >= 0.6 is 0 Å². The fourth-order valence-corrected chi connectivity index (χ4v) is 2.02. The number of carbonyl (C=O) groups is 1. The molecule has 0 fully saturated rings. The van der Waals surface area contributed by atoms with Crippen LogP contribution in [0.5, 0.6) is 11.6 Å². The first kappa shape index (κ1) is 13.1. The molecule has 0 unspecified atom stereocenters. The number of aromatic nitrogens is 3. The molecule has 3 rings (SSSR count). The number of rotatable bonds is 4. The normalized spacial score (nSPS) is 10.3. The largest absolute Gasteiger partial charge is 0.436 e. The molecule has 0 saturated carbocycles. The lowest BCUT2D eigenvalue weighted by molar-refractivity contribution is 0.112. The molecular weight excluding hydrogens is 266 g/mol. The van der Waals surface area contributed by atoms with Gasteiger partial charge in [-0.15, -0.1) is 0 Å². The summed E-state index contributed by atoms with van der Waals surface area (Å²) in [5.74, 6) is 0.944. The number of hydrogen-bond acceptors (Lipinski definition) is 4. The Balaban J connectivity index is 2.11. The van der Waals surface area contributed by atoms with Crippen LogP contribution in [0.25, 0.3) is 5.69 Å². The number of para-hydroxylation sites is 1. The van der Waals surface area contributed by atoms with Crippen molar-refractivity contribution in [3.05, 3.63) is 66.1 Å². The second-order valence-corrected chi connectivity index (χ2v) is 4.46. The highest BCUT2D eigenvalue weighted by atomic mass is 16.5. The standard InChI is InChI=1S/C16H13N3O2/c1-12-15(11-20)16(21-14-8-5-9-17-10-14)19(18-12)13-6-3-2-4-7-13/h2-11H,1H3. The Morgan fingerprint density at radius 2 is 1.95 bits per heavy atom. The Bertz CT molecular complexity index is 752. The van der Waals surface area contributed by atoms with Gasteiger partial charge < -0.3 is 4.74 Å². The first-order chi connectivity index (χ1) is 10.3. The van der Waals surface area contributed by atoms with Crippen LogP contribution in [0.1, 0.15) is 16.1 Å². The zero-order valence-electron chi connectivity index (χ0n) is 11.4. The topological polar surface area (TPSA) is 57.0 Å². The Morgan fingerprint density at radius 3 is 2.62 bits per heavy atom. The summed E-state index contributed by atoms with van der Waals surface area (Å²) < 4.78 is 7.43. The molecule has 0 spiro atoms. The van der Waals surface area contributed by atoms with Crippen LogP contribution < -0.4 is 4.74 Å². The second-order valence-electron chi connectivity index (χ2n) is 4.46. The summed E-state index contributed by atoms with van der Waals surface area (Å²) in [7, 11) is 0. The zero-order valence-corrected chi connectivity index (χ0v) is 11.4. The van der Waals surface area contributed by atoms with Gasteiger partial charge in [0.1, 0.15) is 5.75 Å². The molecule has 0 bridgehead atoms. The molecule has 2 aromatic heterocycles. The minimum absolute atomic E-state index is 0.390. The minimum atomic E-state index is 0.390. The van der Waals surface area contributed by atoms with E-state index in [1.165, 1.54) is 0 Å². The summed E-state index contributed by atoms with van der Waals surface area (Å²) in [6.45, 7) is 1.78. The number of aldehydes is 1. The third-order valence-electron chi connectivity index (χ3n) is 3.03. The lowest BCUT2D eigenvalue weighted by Gasteiger charge is -2.09. The van der Waals surface area contributed by atoms with Gasteiger partial charge in [-0.05, 0) is 31.2 Å². The number of benzene rings is 1.